The van der Waals surface area contributed by atoms with Crippen molar-refractivity contribution in [2.75, 3.05) is 6.54 Å². The van der Waals surface area contributed by atoms with Gasteiger partial charge in [-0.25, -0.2) is 4.98 Å². The number of halogens is 1. The fourth-order valence-corrected chi connectivity index (χ4v) is 3.26. The lowest BCUT2D eigenvalue weighted by atomic mass is 10.2. The number of amides is 1. The third kappa shape index (κ3) is 4.37. The van der Waals surface area contributed by atoms with Crippen LogP contribution in [0.5, 0.6) is 0 Å². The minimum absolute atomic E-state index is 0.0914. The summed E-state index contributed by atoms with van der Waals surface area (Å²) in [5, 5.41) is 3.44. The third-order valence-electron chi connectivity index (χ3n) is 4.59. The summed E-state index contributed by atoms with van der Waals surface area (Å²) in [5.41, 5.74) is 2.38. The Morgan fingerprint density at radius 2 is 1.96 bits per heavy atom. The lowest BCUT2D eigenvalue weighted by Gasteiger charge is -2.15. The van der Waals surface area contributed by atoms with E-state index in [-0.39, 0.29) is 17.7 Å². The molecule has 1 atom stereocenters. The number of imidazole rings is 1. The number of benzene rings is 2. The second-order valence-corrected chi connectivity index (χ2v) is 6.98. The molecule has 0 fully saturated rings. The first kappa shape index (κ1) is 19.1. The number of carbonyl (C=O) groups is 2. The topological polar surface area (TPSA) is 64.0 Å². The predicted molar refractivity (Wildman–Crippen MR) is 107 cm³/mol. The van der Waals surface area contributed by atoms with Crippen LogP contribution in [0.3, 0.4) is 0 Å². The van der Waals surface area contributed by atoms with E-state index in [4.69, 9.17) is 11.6 Å². The Kier molecular flexibility index (Phi) is 5.91. The molecule has 1 heterocycles. The van der Waals surface area contributed by atoms with Gasteiger partial charge in [0.05, 0.1) is 17.1 Å². The molecule has 1 amide bonds. The first-order valence-electron chi connectivity index (χ1n) is 8.97. The summed E-state index contributed by atoms with van der Waals surface area (Å²) in [6, 6.07) is 14.4. The number of nitrogens with zero attached hydrogens (tertiary/aromatic N) is 2. The van der Waals surface area contributed by atoms with Crippen LogP contribution in [0.2, 0.25) is 5.02 Å². The lowest BCUT2D eigenvalue weighted by molar-refractivity contribution is -0.119. The van der Waals surface area contributed by atoms with Crippen LogP contribution >= 0.6 is 11.6 Å². The standard InChI is InChI=1S/C21H22ClN3O2/c1-14(15(2)26)25-19-10-4-3-9-18(19)24-20(25)11-6-12-23-21(27)16-7-5-8-17(22)13-16/h3-5,7-10,13-14H,6,11-12H2,1-2H3,(H,23,27). The van der Waals surface area contributed by atoms with Crippen molar-refractivity contribution in [2.45, 2.75) is 32.7 Å². The number of aromatic nitrogens is 2. The third-order valence-corrected chi connectivity index (χ3v) is 4.83. The molecule has 27 heavy (non-hydrogen) atoms. The van der Waals surface area contributed by atoms with Gasteiger partial charge in [0.25, 0.3) is 5.91 Å². The molecule has 5 nitrogen and oxygen atoms in total. The summed E-state index contributed by atoms with van der Waals surface area (Å²) in [4.78, 5) is 28.8. The van der Waals surface area contributed by atoms with Crippen LogP contribution in [0.1, 0.15) is 42.5 Å². The summed E-state index contributed by atoms with van der Waals surface area (Å²) in [6.07, 6.45) is 1.39. The number of carbonyl (C=O) groups excluding carboxylic acids is 2. The minimum Gasteiger partial charge on any atom is -0.352 e. The zero-order chi connectivity index (χ0) is 19.4. The molecule has 6 heteroatoms. The molecular formula is C21H22ClN3O2. The molecule has 140 valence electrons. The quantitative estimate of drug-likeness (QED) is 0.622. The van der Waals surface area contributed by atoms with Gasteiger partial charge in [-0.15, -0.1) is 0 Å². The Morgan fingerprint density at radius 1 is 1.19 bits per heavy atom. The van der Waals surface area contributed by atoms with Crippen molar-refractivity contribution in [3.8, 4) is 0 Å². The second kappa shape index (κ2) is 8.35. The Bertz CT molecular complexity index is 980. The monoisotopic (exact) mass is 383 g/mol. The van der Waals surface area contributed by atoms with Gasteiger partial charge < -0.3 is 9.88 Å². The fourth-order valence-electron chi connectivity index (χ4n) is 3.06. The van der Waals surface area contributed by atoms with Gasteiger partial charge in [-0.2, -0.15) is 0 Å². The van der Waals surface area contributed by atoms with Gasteiger partial charge in [0, 0.05) is 23.6 Å². The van der Waals surface area contributed by atoms with Crippen LogP contribution in [0.15, 0.2) is 48.5 Å². The Balaban J connectivity index is 1.67. The summed E-state index contributed by atoms with van der Waals surface area (Å²) in [5.74, 6) is 0.799. The predicted octanol–water partition coefficient (Wildman–Crippen LogP) is 4.20. The second-order valence-electron chi connectivity index (χ2n) is 6.54. The van der Waals surface area contributed by atoms with Gasteiger partial charge in [0.15, 0.2) is 5.78 Å². The van der Waals surface area contributed by atoms with Gasteiger partial charge >= 0.3 is 0 Å². The van der Waals surface area contributed by atoms with E-state index in [0.717, 1.165) is 23.3 Å². The van der Waals surface area contributed by atoms with E-state index in [1.807, 2.05) is 35.8 Å². The number of rotatable bonds is 7. The minimum atomic E-state index is -0.270. The fraction of sp³-hybridized carbons (Fsp3) is 0.286. The molecule has 2 aromatic carbocycles. The van der Waals surface area contributed by atoms with E-state index < -0.39 is 0 Å². The molecule has 1 unspecified atom stereocenters. The first-order valence-corrected chi connectivity index (χ1v) is 9.35. The summed E-state index contributed by atoms with van der Waals surface area (Å²) in [6.45, 7) is 4.00. The number of Topliss-reactive ketones (excluding diaryl/α,β-unsaturated/α-hetero) is 1. The summed E-state index contributed by atoms with van der Waals surface area (Å²) >= 11 is 5.92. The van der Waals surface area contributed by atoms with E-state index in [9.17, 15) is 9.59 Å². The molecule has 0 aliphatic heterocycles. The normalized spacial score (nSPS) is 12.1. The average molecular weight is 384 g/mol. The molecule has 0 saturated carbocycles. The smallest absolute Gasteiger partial charge is 0.251 e. The molecule has 3 rings (SSSR count). The molecule has 1 N–H and O–H groups in total. The van der Waals surface area contributed by atoms with Crippen LogP contribution in [-0.4, -0.2) is 27.8 Å². The van der Waals surface area contributed by atoms with Crippen LogP contribution in [0.25, 0.3) is 11.0 Å². The van der Waals surface area contributed by atoms with Crippen molar-refractivity contribution in [1.82, 2.24) is 14.9 Å². The molecule has 0 spiro atoms. The van der Waals surface area contributed by atoms with Gasteiger partial charge in [-0.05, 0) is 50.6 Å². The number of ketones is 1. The Morgan fingerprint density at radius 3 is 2.70 bits per heavy atom. The molecule has 0 bridgehead atoms. The number of fused-ring (bicyclic) bond motifs is 1. The number of para-hydroxylation sites is 2. The van der Waals surface area contributed by atoms with Crippen LogP contribution in [-0.2, 0) is 11.2 Å². The Labute approximate surface area is 163 Å². The van der Waals surface area contributed by atoms with Gasteiger partial charge in [-0.3, -0.25) is 9.59 Å². The molecule has 0 radical (unpaired) electrons. The van der Waals surface area contributed by atoms with E-state index in [2.05, 4.69) is 10.3 Å². The lowest BCUT2D eigenvalue weighted by Crippen LogP contribution is -2.25. The molecule has 0 aliphatic rings. The first-order chi connectivity index (χ1) is 13.0. The molecular weight excluding hydrogens is 362 g/mol. The van der Waals surface area contributed by atoms with Crippen molar-refractivity contribution in [3.05, 3.63) is 64.9 Å². The van der Waals surface area contributed by atoms with Crippen molar-refractivity contribution in [2.24, 2.45) is 0 Å². The number of hydrogen-bond acceptors (Lipinski definition) is 3. The van der Waals surface area contributed by atoms with Gasteiger partial charge in [0.2, 0.25) is 0 Å². The maximum atomic E-state index is 12.2. The highest BCUT2D eigenvalue weighted by atomic mass is 35.5. The van der Waals surface area contributed by atoms with Crippen molar-refractivity contribution >= 4 is 34.3 Å². The summed E-state index contributed by atoms with van der Waals surface area (Å²) in [7, 11) is 0. The highest BCUT2D eigenvalue weighted by Crippen LogP contribution is 2.22. The van der Waals surface area contributed by atoms with Crippen LogP contribution < -0.4 is 5.32 Å². The summed E-state index contributed by atoms with van der Waals surface area (Å²) < 4.78 is 2.00. The van der Waals surface area contributed by atoms with Gasteiger partial charge in [0.1, 0.15) is 5.82 Å². The van der Waals surface area contributed by atoms with Crippen molar-refractivity contribution < 1.29 is 9.59 Å². The van der Waals surface area contributed by atoms with E-state index in [0.29, 0.717) is 23.6 Å². The Hall–Kier alpha value is -2.66. The maximum Gasteiger partial charge on any atom is 0.251 e. The van der Waals surface area contributed by atoms with E-state index in [1.165, 1.54) is 0 Å². The molecule has 3 aromatic rings. The van der Waals surface area contributed by atoms with Crippen LogP contribution in [0, 0.1) is 0 Å². The molecule has 0 saturated heterocycles. The zero-order valence-electron chi connectivity index (χ0n) is 15.4. The SMILES string of the molecule is CC(=O)C(C)n1c(CCCNC(=O)c2cccc(Cl)c2)nc2ccccc21. The largest absolute Gasteiger partial charge is 0.352 e. The zero-order valence-corrected chi connectivity index (χ0v) is 16.2. The van der Waals surface area contributed by atoms with Crippen LogP contribution in [0.4, 0.5) is 0 Å². The number of aryl methyl sites for hydroxylation is 1. The maximum absolute atomic E-state index is 12.2. The van der Waals surface area contributed by atoms with Crippen molar-refractivity contribution in [3.63, 3.8) is 0 Å². The highest BCUT2D eigenvalue weighted by molar-refractivity contribution is 6.30. The highest BCUT2D eigenvalue weighted by Gasteiger charge is 2.18. The van der Waals surface area contributed by atoms with E-state index >= 15 is 0 Å². The van der Waals surface area contributed by atoms with Crippen molar-refractivity contribution in [1.29, 1.82) is 0 Å². The van der Waals surface area contributed by atoms with E-state index in [1.54, 1.807) is 31.2 Å². The average Bonchev–Trinajstić information content (AvgIpc) is 3.02. The molecule has 0 aliphatic carbocycles. The molecule has 1 aromatic heterocycles. The number of nitrogens with one attached hydrogen (secondary N) is 1. The number of hydrogen-bond donors (Lipinski definition) is 1. The van der Waals surface area contributed by atoms with Gasteiger partial charge in [-0.1, -0.05) is 29.8 Å².